The van der Waals surface area contributed by atoms with Crippen LogP contribution < -0.4 is 10.6 Å². The zero-order valence-electron chi connectivity index (χ0n) is 14.5. The molecule has 1 aliphatic carbocycles. The summed E-state index contributed by atoms with van der Waals surface area (Å²) in [4.78, 5) is 23.8. The number of nitrogens with zero attached hydrogens (tertiary/aromatic N) is 2. The van der Waals surface area contributed by atoms with Crippen LogP contribution in [0, 0.1) is 0 Å². The fourth-order valence-electron chi connectivity index (χ4n) is 3.26. The average molecular weight is 346 g/mol. The van der Waals surface area contributed by atoms with E-state index in [1.54, 1.807) is 17.1 Å². The van der Waals surface area contributed by atoms with Gasteiger partial charge in [-0.15, -0.1) is 0 Å². The van der Waals surface area contributed by atoms with Crippen LogP contribution in [0.25, 0.3) is 0 Å². The lowest BCUT2D eigenvalue weighted by molar-refractivity contribution is -0.136. The second kappa shape index (κ2) is 8.80. The first-order valence-electron chi connectivity index (χ1n) is 9.12. The first-order chi connectivity index (χ1) is 12.2. The van der Waals surface area contributed by atoms with Gasteiger partial charge >= 0.3 is 11.8 Å². The fraction of sp³-hybridized carbons (Fsp3) is 0.611. The van der Waals surface area contributed by atoms with Gasteiger partial charge in [-0.3, -0.25) is 14.3 Å². The Bertz CT molecular complexity index is 632. The van der Waals surface area contributed by atoms with Crippen molar-refractivity contribution in [2.24, 2.45) is 0 Å². The molecule has 1 aromatic rings. The maximum Gasteiger partial charge on any atom is 0.313 e. The second-order valence-corrected chi connectivity index (χ2v) is 6.65. The Balaban J connectivity index is 1.39. The molecule has 3 rings (SSSR count). The van der Waals surface area contributed by atoms with Crippen molar-refractivity contribution in [3.63, 3.8) is 0 Å². The normalized spacial score (nSPS) is 20.2. The number of nitrogens with one attached hydrogen (secondary N) is 2. The molecular weight excluding hydrogens is 320 g/mol. The molecule has 2 N–H and O–H groups in total. The van der Waals surface area contributed by atoms with Gasteiger partial charge in [0, 0.05) is 19.3 Å². The van der Waals surface area contributed by atoms with Crippen LogP contribution in [0.15, 0.2) is 24.0 Å². The molecule has 0 bridgehead atoms. The molecule has 1 saturated heterocycles. The van der Waals surface area contributed by atoms with Crippen molar-refractivity contribution in [2.45, 2.75) is 57.6 Å². The molecule has 2 heterocycles. The van der Waals surface area contributed by atoms with E-state index >= 15 is 0 Å². The van der Waals surface area contributed by atoms with Crippen molar-refractivity contribution in [2.75, 3.05) is 18.5 Å². The standard InChI is InChI=1S/C18H26N4O3/c23-17(19-9-8-14-5-2-1-3-6-14)18(24)21-15-11-20-22(12-15)13-16-7-4-10-25-16/h5,11-12,16H,1-4,6-10,13H2,(H,19,23)(H,21,24). The van der Waals surface area contributed by atoms with Crippen molar-refractivity contribution < 1.29 is 14.3 Å². The highest BCUT2D eigenvalue weighted by molar-refractivity contribution is 6.39. The van der Waals surface area contributed by atoms with E-state index in [4.69, 9.17) is 4.74 Å². The largest absolute Gasteiger partial charge is 0.376 e. The summed E-state index contributed by atoms with van der Waals surface area (Å²) in [5, 5.41) is 9.46. The number of allylic oxidation sites excluding steroid dienone is 1. The van der Waals surface area contributed by atoms with Crippen LogP contribution in [0.3, 0.4) is 0 Å². The highest BCUT2D eigenvalue weighted by atomic mass is 16.5. The van der Waals surface area contributed by atoms with E-state index in [0.29, 0.717) is 18.8 Å². The number of carbonyl (C=O) groups is 2. The molecule has 7 heteroatoms. The summed E-state index contributed by atoms with van der Waals surface area (Å²) in [6.45, 7) is 1.96. The SMILES string of the molecule is O=C(NCCC1=CCCCC1)C(=O)Nc1cnn(CC2CCCO2)c1. The molecule has 1 aliphatic heterocycles. The lowest BCUT2D eigenvalue weighted by Gasteiger charge is -2.12. The van der Waals surface area contributed by atoms with Crippen LogP contribution in [0.5, 0.6) is 0 Å². The number of anilines is 1. The van der Waals surface area contributed by atoms with Crippen LogP contribution in [0.1, 0.15) is 44.9 Å². The Morgan fingerprint density at radius 3 is 2.96 bits per heavy atom. The number of hydrogen-bond donors (Lipinski definition) is 2. The average Bonchev–Trinajstić information content (AvgIpc) is 3.28. The van der Waals surface area contributed by atoms with Crippen molar-refractivity contribution in [1.82, 2.24) is 15.1 Å². The lowest BCUT2D eigenvalue weighted by Crippen LogP contribution is -2.36. The highest BCUT2D eigenvalue weighted by Crippen LogP contribution is 2.19. The Hall–Kier alpha value is -2.15. The third kappa shape index (κ3) is 5.42. The first-order valence-corrected chi connectivity index (χ1v) is 9.12. The minimum atomic E-state index is -0.658. The van der Waals surface area contributed by atoms with E-state index in [0.717, 1.165) is 38.7 Å². The number of ether oxygens (including phenoxy) is 1. The van der Waals surface area contributed by atoms with Crippen molar-refractivity contribution in [1.29, 1.82) is 0 Å². The molecule has 0 spiro atoms. The summed E-state index contributed by atoms with van der Waals surface area (Å²) in [7, 11) is 0. The molecule has 1 fully saturated rings. The highest BCUT2D eigenvalue weighted by Gasteiger charge is 2.18. The molecule has 136 valence electrons. The molecule has 7 nitrogen and oxygen atoms in total. The van der Waals surface area contributed by atoms with Gasteiger partial charge in [-0.1, -0.05) is 11.6 Å². The quantitative estimate of drug-likeness (QED) is 0.609. The number of amides is 2. The predicted molar refractivity (Wildman–Crippen MR) is 94.0 cm³/mol. The molecular formula is C18H26N4O3. The number of aromatic nitrogens is 2. The van der Waals surface area contributed by atoms with Crippen LogP contribution in [0.2, 0.25) is 0 Å². The molecule has 1 aromatic heterocycles. The topological polar surface area (TPSA) is 85.3 Å². The molecule has 1 atom stereocenters. The van der Waals surface area contributed by atoms with Gasteiger partial charge in [0.25, 0.3) is 0 Å². The van der Waals surface area contributed by atoms with Crippen molar-refractivity contribution in [3.05, 3.63) is 24.0 Å². The Morgan fingerprint density at radius 2 is 2.20 bits per heavy atom. The van der Waals surface area contributed by atoms with E-state index in [1.165, 1.54) is 18.4 Å². The summed E-state index contributed by atoms with van der Waals surface area (Å²) in [5.41, 5.74) is 1.90. The van der Waals surface area contributed by atoms with Crippen molar-refractivity contribution >= 4 is 17.5 Å². The van der Waals surface area contributed by atoms with Gasteiger partial charge in [-0.25, -0.2) is 0 Å². The molecule has 1 unspecified atom stereocenters. The van der Waals surface area contributed by atoms with Gasteiger partial charge in [0.2, 0.25) is 0 Å². The van der Waals surface area contributed by atoms with Crippen LogP contribution in [-0.2, 0) is 20.9 Å². The van der Waals surface area contributed by atoms with Gasteiger partial charge in [0.1, 0.15) is 0 Å². The first kappa shape index (κ1) is 17.7. The van der Waals surface area contributed by atoms with Crippen molar-refractivity contribution in [3.8, 4) is 0 Å². The van der Waals surface area contributed by atoms with E-state index in [-0.39, 0.29) is 6.10 Å². The van der Waals surface area contributed by atoms with E-state index < -0.39 is 11.8 Å². The van der Waals surface area contributed by atoms with E-state index in [1.807, 2.05) is 0 Å². The minimum Gasteiger partial charge on any atom is -0.376 e. The fourth-order valence-corrected chi connectivity index (χ4v) is 3.26. The second-order valence-electron chi connectivity index (χ2n) is 6.65. The molecule has 2 aliphatic rings. The summed E-state index contributed by atoms with van der Waals surface area (Å²) in [6, 6.07) is 0. The molecule has 0 saturated carbocycles. The van der Waals surface area contributed by atoms with Crippen LogP contribution in [-0.4, -0.2) is 40.9 Å². The summed E-state index contributed by atoms with van der Waals surface area (Å²) < 4.78 is 7.30. The van der Waals surface area contributed by atoms with E-state index in [9.17, 15) is 9.59 Å². The van der Waals surface area contributed by atoms with Gasteiger partial charge < -0.3 is 15.4 Å². The zero-order chi connectivity index (χ0) is 17.5. The molecule has 2 amide bonds. The Morgan fingerprint density at radius 1 is 1.28 bits per heavy atom. The maximum atomic E-state index is 11.9. The Kier molecular flexibility index (Phi) is 6.22. The number of rotatable bonds is 6. The Labute approximate surface area is 147 Å². The monoisotopic (exact) mass is 346 g/mol. The maximum absolute atomic E-state index is 11.9. The van der Waals surface area contributed by atoms with Gasteiger partial charge in [-0.2, -0.15) is 5.10 Å². The molecule has 0 radical (unpaired) electrons. The minimum absolute atomic E-state index is 0.181. The van der Waals surface area contributed by atoms with Gasteiger partial charge in [0.15, 0.2) is 0 Å². The van der Waals surface area contributed by atoms with Crippen LogP contribution >= 0.6 is 0 Å². The third-order valence-electron chi connectivity index (χ3n) is 4.63. The van der Waals surface area contributed by atoms with Gasteiger partial charge in [0.05, 0.1) is 24.5 Å². The summed E-state index contributed by atoms with van der Waals surface area (Å²) >= 11 is 0. The third-order valence-corrected chi connectivity index (χ3v) is 4.63. The lowest BCUT2D eigenvalue weighted by atomic mass is 9.97. The summed E-state index contributed by atoms with van der Waals surface area (Å²) in [6.07, 6.45) is 13.3. The molecule has 0 aromatic carbocycles. The molecule has 25 heavy (non-hydrogen) atoms. The number of carbonyl (C=O) groups excluding carboxylic acids is 2. The smallest absolute Gasteiger partial charge is 0.313 e. The van der Waals surface area contributed by atoms with Crippen LogP contribution in [0.4, 0.5) is 5.69 Å². The summed E-state index contributed by atoms with van der Waals surface area (Å²) in [5.74, 6) is -1.27. The van der Waals surface area contributed by atoms with E-state index in [2.05, 4.69) is 21.8 Å². The zero-order valence-corrected chi connectivity index (χ0v) is 14.5. The number of hydrogen-bond acceptors (Lipinski definition) is 4. The predicted octanol–water partition coefficient (Wildman–Crippen LogP) is 2.01. The van der Waals surface area contributed by atoms with Gasteiger partial charge in [-0.05, 0) is 44.9 Å².